The van der Waals surface area contributed by atoms with Crippen LogP contribution in [0.3, 0.4) is 0 Å². The van der Waals surface area contributed by atoms with Gasteiger partial charge in [0.05, 0.1) is 16.6 Å². The van der Waals surface area contributed by atoms with Crippen molar-refractivity contribution in [3.05, 3.63) is 99.8 Å². The molecule has 33 heavy (non-hydrogen) atoms. The number of sulfonamides is 1. The van der Waals surface area contributed by atoms with Crippen LogP contribution in [0.5, 0.6) is 0 Å². The number of rotatable bonds is 4. The summed E-state index contributed by atoms with van der Waals surface area (Å²) >= 11 is 6.38. The molecule has 0 amide bonds. The van der Waals surface area contributed by atoms with E-state index >= 15 is 0 Å². The van der Waals surface area contributed by atoms with Crippen molar-refractivity contribution in [1.29, 1.82) is 0 Å². The lowest BCUT2D eigenvalue weighted by Gasteiger charge is -2.38. The standard InChI is InChI=1S/C26H24ClFN2O2S/c1-15-9-10-16(2)24(13-15)30-33(31,32)17-11-12-23-20(14-17)18-5-3-6-19(18)26(29-23)25-21(27)7-4-8-22(25)28/h3-5,7-14,18-19,26,29-30H,6H2,1-2H3/t18-,19+,26-/m0/s1. The highest BCUT2D eigenvalue weighted by atomic mass is 35.5. The summed E-state index contributed by atoms with van der Waals surface area (Å²) in [5.74, 6) is -0.333. The van der Waals surface area contributed by atoms with E-state index in [2.05, 4.69) is 22.2 Å². The minimum atomic E-state index is -3.78. The lowest BCUT2D eigenvalue weighted by atomic mass is 9.77. The first kappa shape index (κ1) is 22.0. The van der Waals surface area contributed by atoms with Gasteiger partial charge in [-0.2, -0.15) is 0 Å². The highest BCUT2D eigenvalue weighted by Gasteiger charge is 2.40. The van der Waals surface area contributed by atoms with Crippen molar-refractivity contribution in [2.75, 3.05) is 10.0 Å². The SMILES string of the molecule is Cc1ccc(C)c(NS(=O)(=O)c2ccc3c(c2)[C@H]2C=CC[C@H]2[C@@H](c2c(F)cccc2Cl)N3)c1. The van der Waals surface area contributed by atoms with Gasteiger partial charge in [0, 0.05) is 22.2 Å². The summed E-state index contributed by atoms with van der Waals surface area (Å²) in [6.07, 6.45) is 4.91. The maximum atomic E-state index is 14.7. The van der Waals surface area contributed by atoms with E-state index in [4.69, 9.17) is 11.6 Å². The molecular weight excluding hydrogens is 459 g/mol. The van der Waals surface area contributed by atoms with Crippen molar-refractivity contribution < 1.29 is 12.8 Å². The molecule has 1 aliphatic heterocycles. The van der Waals surface area contributed by atoms with E-state index < -0.39 is 10.0 Å². The number of anilines is 2. The molecule has 0 saturated heterocycles. The number of allylic oxidation sites excluding steroid dienone is 2. The summed E-state index contributed by atoms with van der Waals surface area (Å²) in [5.41, 5.74) is 4.53. The Balaban J connectivity index is 1.52. The van der Waals surface area contributed by atoms with Gasteiger partial charge in [-0.05, 0) is 79.3 Å². The van der Waals surface area contributed by atoms with Gasteiger partial charge in [0.2, 0.25) is 0 Å². The first-order valence-corrected chi connectivity index (χ1v) is 12.7. The predicted molar refractivity (Wildman–Crippen MR) is 131 cm³/mol. The molecule has 3 atom stereocenters. The Morgan fingerprint density at radius 1 is 1.09 bits per heavy atom. The summed E-state index contributed by atoms with van der Waals surface area (Å²) in [5, 5.41) is 3.82. The Morgan fingerprint density at radius 3 is 2.70 bits per heavy atom. The van der Waals surface area contributed by atoms with Crippen molar-refractivity contribution in [2.45, 2.75) is 37.1 Å². The van der Waals surface area contributed by atoms with Crippen LogP contribution in [0.1, 0.15) is 40.6 Å². The summed E-state index contributed by atoms with van der Waals surface area (Å²) in [6.45, 7) is 3.79. The number of nitrogens with one attached hydrogen (secondary N) is 2. The Labute approximate surface area is 198 Å². The van der Waals surface area contributed by atoms with Gasteiger partial charge < -0.3 is 5.32 Å². The van der Waals surface area contributed by atoms with Gasteiger partial charge in [-0.15, -0.1) is 0 Å². The van der Waals surface area contributed by atoms with Crippen LogP contribution >= 0.6 is 11.6 Å². The molecule has 3 aromatic rings. The van der Waals surface area contributed by atoms with E-state index in [1.807, 2.05) is 32.0 Å². The summed E-state index contributed by atoms with van der Waals surface area (Å²) in [7, 11) is -3.78. The fourth-order valence-corrected chi connectivity index (χ4v) is 6.32. The summed E-state index contributed by atoms with van der Waals surface area (Å²) in [6, 6.07) is 15.1. The third-order valence-electron chi connectivity index (χ3n) is 6.59. The zero-order valence-corrected chi connectivity index (χ0v) is 19.8. The number of hydrogen-bond acceptors (Lipinski definition) is 3. The Kier molecular flexibility index (Phi) is 5.46. The van der Waals surface area contributed by atoms with E-state index in [-0.39, 0.29) is 28.6 Å². The van der Waals surface area contributed by atoms with Gasteiger partial charge in [0.1, 0.15) is 5.82 Å². The zero-order chi connectivity index (χ0) is 23.3. The normalized spacial score (nSPS) is 21.3. The molecule has 1 heterocycles. The van der Waals surface area contributed by atoms with Crippen molar-refractivity contribution in [3.8, 4) is 0 Å². The van der Waals surface area contributed by atoms with Crippen LogP contribution in [0, 0.1) is 25.6 Å². The number of benzene rings is 3. The molecule has 0 radical (unpaired) electrons. The van der Waals surface area contributed by atoms with Gasteiger partial charge >= 0.3 is 0 Å². The molecule has 0 unspecified atom stereocenters. The van der Waals surface area contributed by atoms with Crippen LogP contribution in [0.2, 0.25) is 5.02 Å². The first-order chi connectivity index (χ1) is 15.7. The number of halogens is 2. The minimum absolute atomic E-state index is 0.0298. The minimum Gasteiger partial charge on any atom is -0.378 e. The van der Waals surface area contributed by atoms with Crippen LogP contribution in [-0.4, -0.2) is 8.42 Å². The lowest BCUT2D eigenvalue weighted by Crippen LogP contribution is -2.30. The quantitative estimate of drug-likeness (QED) is 0.405. The van der Waals surface area contributed by atoms with Gasteiger partial charge in [-0.1, -0.05) is 42.0 Å². The lowest BCUT2D eigenvalue weighted by molar-refractivity contribution is 0.413. The van der Waals surface area contributed by atoms with E-state index in [0.717, 1.165) is 28.8 Å². The fraction of sp³-hybridized carbons (Fsp3) is 0.231. The van der Waals surface area contributed by atoms with Gasteiger partial charge in [-0.3, -0.25) is 4.72 Å². The van der Waals surface area contributed by atoms with Gasteiger partial charge in [0.25, 0.3) is 10.0 Å². The molecule has 4 nitrogen and oxygen atoms in total. The second-order valence-electron chi connectivity index (χ2n) is 8.78. The molecule has 0 bridgehead atoms. The molecule has 7 heteroatoms. The Bertz CT molecular complexity index is 1370. The third kappa shape index (κ3) is 3.91. The van der Waals surface area contributed by atoms with E-state index in [1.54, 1.807) is 30.3 Å². The average Bonchev–Trinajstić information content (AvgIpc) is 3.26. The third-order valence-corrected chi connectivity index (χ3v) is 8.29. The molecule has 0 fully saturated rings. The molecule has 0 saturated carbocycles. The van der Waals surface area contributed by atoms with Crippen LogP contribution in [0.4, 0.5) is 15.8 Å². The number of hydrogen-bond donors (Lipinski definition) is 2. The van der Waals surface area contributed by atoms with Crippen LogP contribution < -0.4 is 10.0 Å². The van der Waals surface area contributed by atoms with Gasteiger partial charge in [0.15, 0.2) is 0 Å². The summed E-state index contributed by atoms with van der Waals surface area (Å²) in [4.78, 5) is 0.199. The molecule has 0 spiro atoms. The van der Waals surface area contributed by atoms with Gasteiger partial charge in [-0.25, -0.2) is 12.8 Å². The van der Waals surface area contributed by atoms with E-state index in [0.29, 0.717) is 16.3 Å². The van der Waals surface area contributed by atoms with Crippen LogP contribution in [-0.2, 0) is 10.0 Å². The Morgan fingerprint density at radius 2 is 1.91 bits per heavy atom. The average molecular weight is 483 g/mol. The van der Waals surface area contributed by atoms with E-state index in [1.165, 1.54) is 6.07 Å². The highest BCUT2D eigenvalue weighted by Crippen LogP contribution is 2.51. The van der Waals surface area contributed by atoms with Crippen LogP contribution in [0.25, 0.3) is 0 Å². The molecule has 1 aliphatic carbocycles. The molecule has 3 aromatic carbocycles. The largest absolute Gasteiger partial charge is 0.378 e. The second kappa shape index (κ2) is 8.19. The smallest absolute Gasteiger partial charge is 0.261 e. The first-order valence-electron chi connectivity index (χ1n) is 10.9. The summed E-state index contributed by atoms with van der Waals surface area (Å²) < 4.78 is 43.9. The molecule has 2 aliphatic rings. The number of fused-ring (bicyclic) bond motifs is 3. The topological polar surface area (TPSA) is 58.2 Å². The van der Waals surface area contributed by atoms with Crippen molar-refractivity contribution in [1.82, 2.24) is 0 Å². The zero-order valence-electron chi connectivity index (χ0n) is 18.3. The monoisotopic (exact) mass is 482 g/mol. The second-order valence-corrected chi connectivity index (χ2v) is 10.9. The fourth-order valence-electron chi connectivity index (χ4n) is 4.88. The Hall–Kier alpha value is -2.83. The molecule has 170 valence electrons. The maximum absolute atomic E-state index is 14.7. The van der Waals surface area contributed by atoms with Crippen molar-refractivity contribution >= 4 is 33.0 Å². The van der Waals surface area contributed by atoms with Crippen molar-refractivity contribution in [2.24, 2.45) is 5.92 Å². The van der Waals surface area contributed by atoms with Crippen molar-refractivity contribution in [3.63, 3.8) is 0 Å². The molecular formula is C26H24ClFN2O2S. The molecule has 5 rings (SSSR count). The highest BCUT2D eigenvalue weighted by molar-refractivity contribution is 7.92. The molecule has 2 N–H and O–H groups in total. The number of aryl methyl sites for hydroxylation is 2. The molecule has 0 aromatic heterocycles. The maximum Gasteiger partial charge on any atom is 0.261 e. The van der Waals surface area contributed by atoms with E-state index in [9.17, 15) is 12.8 Å². The van der Waals surface area contributed by atoms with Crippen LogP contribution in [0.15, 0.2) is 71.6 Å². The predicted octanol–water partition coefficient (Wildman–Crippen LogP) is 6.72.